The summed E-state index contributed by atoms with van der Waals surface area (Å²) >= 11 is 0. The molecule has 1 aromatic carbocycles. The summed E-state index contributed by atoms with van der Waals surface area (Å²) in [6.45, 7) is 1.95. The second kappa shape index (κ2) is 6.58. The smallest absolute Gasteiger partial charge is 0.303 e. The predicted octanol–water partition coefficient (Wildman–Crippen LogP) is 2.05. The molecule has 2 unspecified atom stereocenters. The number of rotatable bonds is 6. The van der Waals surface area contributed by atoms with E-state index in [1.807, 2.05) is 6.92 Å². The summed E-state index contributed by atoms with van der Waals surface area (Å²) < 4.78 is 30.2. The fraction of sp³-hybridized carbons (Fsp3) is 0.533. The van der Waals surface area contributed by atoms with Gasteiger partial charge in [-0.3, -0.25) is 4.79 Å². The van der Waals surface area contributed by atoms with Gasteiger partial charge < -0.3 is 9.84 Å². The largest absolute Gasteiger partial charge is 0.481 e. The highest BCUT2D eigenvalue weighted by molar-refractivity contribution is 7.91. The van der Waals surface area contributed by atoms with E-state index in [4.69, 9.17) is 9.84 Å². The molecule has 1 aliphatic heterocycles. The summed E-state index contributed by atoms with van der Waals surface area (Å²) in [7, 11) is -3.36. The molecule has 0 aliphatic carbocycles. The Bertz CT molecular complexity index is 591. The summed E-state index contributed by atoms with van der Waals surface area (Å²) in [5.74, 6) is -0.856. The van der Waals surface area contributed by atoms with Crippen LogP contribution in [0.2, 0.25) is 0 Å². The van der Waals surface area contributed by atoms with Gasteiger partial charge in [0.25, 0.3) is 0 Å². The van der Waals surface area contributed by atoms with E-state index in [9.17, 15) is 13.2 Å². The van der Waals surface area contributed by atoms with Crippen LogP contribution in [0.25, 0.3) is 0 Å². The number of sulfone groups is 1. The Hall–Kier alpha value is -1.40. The van der Waals surface area contributed by atoms with Gasteiger partial charge in [0.1, 0.15) is 0 Å². The van der Waals surface area contributed by atoms with Gasteiger partial charge in [0.05, 0.1) is 22.9 Å². The normalized spacial score (nSPS) is 22.3. The molecule has 0 spiro atoms. The average molecular weight is 312 g/mol. The Balaban J connectivity index is 2.01. The van der Waals surface area contributed by atoms with Crippen LogP contribution in [0.1, 0.15) is 31.7 Å². The second-order valence-electron chi connectivity index (χ2n) is 5.47. The van der Waals surface area contributed by atoms with E-state index < -0.39 is 15.8 Å². The second-order valence-corrected chi connectivity index (χ2v) is 7.50. The highest BCUT2D eigenvalue weighted by Gasteiger charge is 2.28. The van der Waals surface area contributed by atoms with Crippen LogP contribution in [0, 0.1) is 0 Å². The molecule has 1 heterocycles. The quantitative estimate of drug-likeness (QED) is 0.869. The van der Waals surface area contributed by atoms with Crippen LogP contribution in [0.3, 0.4) is 0 Å². The number of aryl methyl sites for hydroxylation is 1. The van der Waals surface area contributed by atoms with Crippen LogP contribution < -0.4 is 0 Å². The SMILES string of the molecule is CC1CCC(CS(=O)(=O)c2ccc(CCC(=O)O)cc2)O1. The lowest BCUT2D eigenvalue weighted by molar-refractivity contribution is -0.136. The van der Waals surface area contributed by atoms with Gasteiger partial charge in [0, 0.05) is 6.42 Å². The number of benzene rings is 1. The Morgan fingerprint density at radius 2 is 1.95 bits per heavy atom. The van der Waals surface area contributed by atoms with Crippen molar-refractivity contribution in [1.82, 2.24) is 0 Å². The third-order valence-electron chi connectivity index (χ3n) is 3.64. The number of ether oxygens (including phenoxy) is 1. The zero-order chi connectivity index (χ0) is 15.5. The molecule has 0 bridgehead atoms. The van der Waals surface area contributed by atoms with Crippen LogP contribution in [0.5, 0.6) is 0 Å². The first kappa shape index (κ1) is 16.0. The molecular formula is C15H20O5S. The zero-order valence-electron chi connectivity index (χ0n) is 12.0. The minimum Gasteiger partial charge on any atom is -0.481 e. The Morgan fingerprint density at radius 1 is 1.29 bits per heavy atom. The van der Waals surface area contributed by atoms with Crippen molar-refractivity contribution in [2.24, 2.45) is 0 Å². The molecule has 0 amide bonds. The first-order valence-corrected chi connectivity index (χ1v) is 8.71. The highest BCUT2D eigenvalue weighted by atomic mass is 32.2. The summed E-state index contributed by atoms with van der Waals surface area (Å²) in [5.41, 5.74) is 0.821. The van der Waals surface area contributed by atoms with Gasteiger partial charge in [-0.1, -0.05) is 12.1 Å². The molecule has 2 rings (SSSR count). The van der Waals surface area contributed by atoms with Gasteiger partial charge in [0.2, 0.25) is 0 Å². The van der Waals surface area contributed by atoms with Crippen LogP contribution in [-0.4, -0.2) is 37.5 Å². The molecule has 21 heavy (non-hydrogen) atoms. The number of carboxylic acid groups (broad SMARTS) is 1. The van der Waals surface area contributed by atoms with E-state index >= 15 is 0 Å². The molecule has 1 N–H and O–H groups in total. The highest BCUT2D eigenvalue weighted by Crippen LogP contribution is 2.23. The van der Waals surface area contributed by atoms with E-state index in [1.165, 1.54) is 0 Å². The van der Waals surface area contributed by atoms with Crippen molar-refractivity contribution in [2.75, 3.05) is 5.75 Å². The minimum atomic E-state index is -3.36. The Morgan fingerprint density at radius 3 is 2.48 bits per heavy atom. The van der Waals surface area contributed by atoms with E-state index in [2.05, 4.69) is 0 Å². The van der Waals surface area contributed by atoms with Crippen molar-refractivity contribution in [3.63, 3.8) is 0 Å². The van der Waals surface area contributed by atoms with Gasteiger partial charge in [-0.2, -0.15) is 0 Å². The van der Waals surface area contributed by atoms with Gasteiger partial charge >= 0.3 is 5.97 Å². The zero-order valence-corrected chi connectivity index (χ0v) is 12.8. The van der Waals surface area contributed by atoms with Gasteiger partial charge in [-0.15, -0.1) is 0 Å². The maximum absolute atomic E-state index is 12.3. The Labute approximate surface area is 124 Å². The summed E-state index contributed by atoms with van der Waals surface area (Å²) in [6.07, 6.45) is 2.02. The van der Waals surface area contributed by atoms with Crippen molar-refractivity contribution < 1.29 is 23.1 Å². The molecule has 2 atom stereocenters. The standard InChI is InChI=1S/C15H20O5S/c1-11-2-6-13(20-11)10-21(18,19)14-7-3-12(4-8-14)5-9-15(16)17/h3-4,7-8,11,13H,2,5-6,9-10H2,1H3,(H,16,17). The van der Waals surface area contributed by atoms with Gasteiger partial charge in [-0.05, 0) is 43.9 Å². The lowest BCUT2D eigenvalue weighted by Gasteiger charge is -2.12. The summed E-state index contributed by atoms with van der Waals surface area (Å²) in [6, 6.07) is 6.44. The molecule has 6 heteroatoms. The van der Waals surface area contributed by atoms with Crippen LogP contribution in [-0.2, 0) is 25.8 Å². The Kier molecular flexibility index (Phi) is 5.00. The lowest BCUT2D eigenvalue weighted by Crippen LogP contribution is -2.21. The van der Waals surface area contributed by atoms with Gasteiger partial charge in [0.15, 0.2) is 9.84 Å². The van der Waals surface area contributed by atoms with E-state index in [-0.39, 0.29) is 29.3 Å². The summed E-state index contributed by atoms with van der Waals surface area (Å²) in [4.78, 5) is 10.8. The molecule has 5 nitrogen and oxygen atoms in total. The first-order valence-electron chi connectivity index (χ1n) is 7.06. The topological polar surface area (TPSA) is 80.7 Å². The average Bonchev–Trinajstić information content (AvgIpc) is 2.81. The molecule has 0 radical (unpaired) electrons. The molecule has 116 valence electrons. The van der Waals surface area contributed by atoms with Crippen molar-refractivity contribution in [3.8, 4) is 0 Å². The molecule has 0 aromatic heterocycles. The maximum Gasteiger partial charge on any atom is 0.303 e. The third-order valence-corrected chi connectivity index (χ3v) is 5.44. The van der Waals surface area contributed by atoms with Gasteiger partial charge in [-0.25, -0.2) is 8.42 Å². The number of carboxylic acids is 1. The van der Waals surface area contributed by atoms with Crippen molar-refractivity contribution in [2.45, 2.75) is 49.7 Å². The first-order chi connectivity index (χ1) is 9.87. The number of carbonyl (C=O) groups is 1. The van der Waals surface area contributed by atoms with Crippen LogP contribution >= 0.6 is 0 Å². The van der Waals surface area contributed by atoms with Crippen molar-refractivity contribution >= 4 is 15.8 Å². The predicted molar refractivity (Wildman–Crippen MR) is 78.0 cm³/mol. The number of hydrogen-bond donors (Lipinski definition) is 1. The maximum atomic E-state index is 12.3. The fourth-order valence-corrected chi connectivity index (χ4v) is 3.94. The lowest BCUT2D eigenvalue weighted by atomic mass is 10.1. The molecule has 1 aromatic rings. The van der Waals surface area contributed by atoms with Crippen molar-refractivity contribution in [1.29, 1.82) is 0 Å². The minimum absolute atomic E-state index is 0.00577. The molecule has 0 saturated carbocycles. The third kappa shape index (κ3) is 4.54. The molecule has 1 aliphatic rings. The molecule has 1 saturated heterocycles. The van der Waals surface area contributed by atoms with E-state index in [0.29, 0.717) is 6.42 Å². The van der Waals surface area contributed by atoms with E-state index in [0.717, 1.165) is 18.4 Å². The van der Waals surface area contributed by atoms with Crippen molar-refractivity contribution in [3.05, 3.63) is 29.8 Å². The van der Waals surface area contributed by atoms with Crippen LogP contribution in [0.4, 0.5) is 0 Å². The number of hydrogen-bond acceptors (Lipinski definition) is 4. The summed E-state index contributed by atoms with van der Waals surface area (Å²) in [5, 5.41) is 8.63. The van der Waals surface area contributed by atoms with Crippen LogP contribution in [0.15, 0.2) is 29.2 Å². The molecule has 1 fully saturated rings. The van der Waals surface area contributed by atoms with E-state index in [1.54, 1.807) is 24.3 Å². The molecular weight excluding hydrogens is 292 g/mol. The monoisotopic (exact) mass is 312 g/mol. The fourth-order valence-electron chi connectivity index (χ4n) is 2.46. The number of aliphatic carboxylic acids is 1.